The summed E-state index contributed by atoms with van der Waals surface area (Å²) in [5, 5.41) is 11.4. The SMILES string of the molecule is Cc1snc2c(S)cc([N+](=O)[O-])cc12. The number of benzene rings is 1. The molecule has 2 rings (SSSR count). The Morgan fingerprint density at radius 2 is 2.29 bits per heavy atom. The fourth-order valence-corrected chi connectivity index (χ4v) is 2.29. The maximum Gasteiger partial charge on any atom is 0.271 e. The van der Waals surface area contributed by atoms with Crippen molar-refractivity contribution in [2.45, 2.75) is 11.8 Å². The number of thiol groups is 1. The second-order valence-electron chi connectivity index (χ2n) is 2.86. The second kappa shape index (κ2) is 3.21. The van der Waals surface area contributed by atoms with Gasteiger partial charge in [0.25, 0.3) is 5.69 Å². The van der Waals surface area contributed by atoms with Crippen molar-refractivity contribution in [3.8, 4) is 0 Å². The number of nitrogens with zero attached hydrogens (tertiary/aromatic N) is 2. The van der Waals surface area contributed by atoms with E-state index in [0.717, 1.165) is 15.8 Å². The largest absolute Gasteiger partial charge is 0.271 e. The van der Waals surface area contributed by atoms with E-state index in [-0.39, 0.29) is 5.69 Å². The molecule has 14 heavy (non-hydrogen) atoms. The topological polar surface area (TPSA) is 56.0 Å². The first kappa shape index (κ1) is 9.42. The van der Waals surface area contributed by atoms with Gasteiger partial charge in [-0.1, -0.05) is 0 Å². The van der Waals surface area contributed by atoms with Crippen LogP contribution in [0.2, 0.25) is 0 Å². The lowest BCUT2D eigenvalue weighted by molar-refractivity contribution is -0.384. The van der Waals surface area contributed by atoms with Crippen LogP contribution in [0.1, 0.15) is 4.88 Å². The summed E-state index contributed by atoms with van der Waals surface area (Å²) in [7, 11) is 0. The van der Waals surface area contributed by atoms with Crippen LogP contribution < -0.4 is 0 Å². The molecule has 0 amide bonds. The van der Waals surface area contributed by atoms with Crippen LogP contribution in [-0.4, -0.2) is 9.30 Å². The molecule has 6 heteroatoms. The lowest BCUT2D eigenvalue weighted by atomic mass is 10.2. The van der Waals surface area contributed by atoms with E-state index in [0.29, 0.717) is 4.90 Å². The monoisotopic (exact) mass is 226 g/mol. The highest BCUT2D eigenvalue weighted by Gasteiger charge is 2.13. The van der Waals surface area contributed by atoms with Gasteiger partial charge in [-0.3, -0.25) is 10.1 Å². The third kappa shape index (κ3) is 1.36. The molecule has 0 saturated heterocycles. The lowest BCUT2D eigenvalue weighted by Gasteiger charge is -1.95. The number of aryl methyl sites for hydroxylation is 1. The highest BCUT2D eigenvalue weighted by atomic mass is 32.1. The summed E-state index contributed by atoms with van der Waals surface area (Å²) < 4.78 is 4.16. The van der Waals surface area contributed by atoms with Gasteiger partial charge in [0, 0.05) is 27.3 Å². The molecule has 0 N–H and O–H groups in total. The normalized spacial score (nSPS) is 10.7. The first-order chi connectivity index (χ1) is 6.59. The Kier molecular flexibility index (Phi) is 2.16. The molecule has 0 unspecified atom stereocenters. The summed E-state index contributed by atoms with van der Waals surface area (Å²) in [6.45, 7) is 1.89. The molecule has 0 aliphatic rings. The smallest absolute Gasteiger partial charge is 0.258 e. The van der Waals surface area contributed by atoms with Crippen molar-refractivity contribution >= 4 is 40.8 Å². The Hall–Kier alpha value is -1.14. The average molecular weight is 226 g/mol. The standard InChI is InChI=1S/C8H6N2O2S2/c1-4-6-2-5(10(11)12)3-7(13)8(6)9-14-4/h2-3,13H,1H3. The van der Waals surface area contributed by atoms with Crippen LogP contribution in [0, 0.1) is 17.0 Å². The Bertz CT molecular complexity index is 521. The number of non-ortho nitro benzene ring substituents is 1. The van der Waals surface area contributed by atoms with Crippen molar-refractivity contribution in [3.63, 3.8) is 0 Å². The maximum atomic E-state index is 10.6. The van der Waals surface area contributed by atoms with Gasteiger partial charge in [0.2, 0.25) is 0 Å². The summed E-state index contributed by atoms with van der Waals surface area (Å²) in [5.74, 6) is 0. The molecule has 1 aromatic heterocycles. The molecule has 1 aromatic carbocycles. The van der Waals surface area contributed by atoms with Crippen LogP contribution in [0.5, 0.6) is 0 Å². The van der Waals surface area contributed by atoms with Crippen molar-refractivity contribution in [2.24, 2.45) is 0 Å². The van der Waals surface area contributed by atoms with Gasteiger partial charge < -0.3 is 0 Å². The van der Waals surface area contributed by atoms with E-state index in [1.165, 1.54) is 23.7 Å². The minimum atomic E-state index is -0.420. The van der Waals surface area contributed by atoms with Crippen LogP contribution in [-0.2, 0) is 0 Å². The predicted molar refractivity (Wildman–Crippen MR) is 58.3 cm³/mol. The molecule has 0 aliphatic carbocycles. The van der Waals surface area contributed by atoms with E-state index in [1.807, 2.05) is 6.92 Å². The quantitative estimate of drug-likeness (QED) is 0.462. The number of aromatic nitrogens is 1. The number of nitro benzene ring substituents is 1. The number of nitro groups is 1. The van der Waals surface area contributed by atoms with E-state index >= 15 is 0 Å². The highest BCUT2D eigenvalue weighted by molar-refractivity contribution is 7.80. The van der Waals surface area contributed by atoms with Crippen LogP contribution in [0.4, 0.5) is 5.69 Å². The van der Waals surface area contributed by atoms with Crippen LogP contribution in [0.25, 0.3) is 10.9 Å². The van der Waals surface area contributed by atoms with E-state index in [2.05, 4.69) is 17.0 Å². The molecule has 2 aromatic rings. The summed E-state index contributed by atoms with van der Waals surface area (Å²) >= 11 is 5.50. The Morgan fingerprint density at radius 3 is 2.93 bits per heavy atom. The number of hydrogen-bond acceptors (Lipinski definition) is 5. The lowest BCUT2D eigenvalue weighted by Crippen LogP contribution is -1.88. The summed E-state index contributed by atoms with van der Waals surface area (Å²) in [5.41, 5.74) is 0.798. The molecule has 72 valence electrons. The summed E-state index contributed by atoms with van der Waals surface area (Å²) in [6.07, 6.45) is 0. The van der Waals surface area contributed by atoms with Crippen molar-refractivity contribution in [2.75, 3.05) is 0 Å². The van der Waals surface area contributed by atoms with Crippen LogP contribution in [0.3, 0.4) is 0 Å². The van der Waals surface area contributed by atoms with Gasteiger partial charge in [0.15, 0.2) is 0 Å². The van der Waals surface area contributed by atoms with Gasteiger partial charge in [-0.25, -0.2) is 0 Å². The summed E-state index contributed by atoms with van der Waals surface area (Å²) in [4.78, 5) is 11.7. The van der Waals surface area contributed by atoms with Crippen LogP contribution >= 0.6 is 24.2 Å². The number of rotatable bonds is 1. The van der Waals surface area contributed by atoms with Crippen molar-refractivity contribution in [1.29, 1.82) is 0 Å². The van der Waals surface area contributed by atoms with E-state index < -0.39 is 4.92 Å². The molecule has 0 aliphatic heterocycles. The maximum absolute atomic E-state index is 10.6. The zero-order valence-electron chi connectivity index (χ0n) is 7.22. The summed E-state index contributed by atoms with van der Waals surface area (Å²) in [6, 6.07) is 2.96. The second-order valence-corrected chi connectivity index (χ2v) is 4.32. The van der Waals surface area contributed by atoms with Gasteiger partial charge in [-0.05, 0) is 18.5 Å². The van der Waals surface area contributed by atoms with Crippen LogP contribution in [0.15, 0.2) is 17.0 Å². The van der Waals surface area contributed by atoms with Crippen molar-refractivity contribution in [1.82, 2.24) is 4.37 Å². The zero-order valence-corrected chi connectivity index (χ0v) is 8.93. The molecule has 0 fully saturated rings. The fraction of sp³-hybridized carbons (Fsp3) is 0.125. The van der Waals surface area contributed by atoms with Gasteiger partial charge >= 0.3 is 0 Å². The van der Waals surface area contributed by atoms with E-state index in [9.17, 15) is 10.1 Å². The molecule has 1 heterocycles. The minimum Gasteiger partial charge on any atom is -0.258 e. The molecular formula is C8H6N2O2S2. The zero-order chi connectivity index (χ0) is 10.3. The minimum absolute atomic E-state index is 0.0609. The molecule has 0 spiro atoms. The first-order valence-electron chi connectivity index (χ1n) is 3.83. The third-order valence-electron chi connectivity index (χ3n) is 1.94. The number of fused-ring (bicyclic) bond motifs is 1. The van der Waals surface area contributed by atoms with Crippen molar-refractivity contribution < 1.29 is 4.92 Å². The average Bonchev–Trinajstić information content (AvgIpc) is 2.48. The Morgan fingerprint density at radius 1 is 1.57 bits per heavy atom. The van der Waals surface area contributed by atoms with Crippen molar-refractivity contribution in [3.05, 3.63) is 27.1 Å². The Balaban J connectivity index is 2.82. The third-order valence-corrected chi connectivity index (χ3v) is 3.05. The molecule has 4 nitrogen and oxygen atoms in total. The molecule has 0 radical (unpaired) electrons. The molecule has 0 saturated carbocycles. The molecule has 0 atom stereocenters. The predicted octanol–water partition coefficient (Wildman–Crippen LogP) is 2.80. The van der Waals surface area contributed by atoms with E-state index in [1.54, 1.807) is 0 Å². The van der Waals surface area contributed by atoms with Gasteiger partial charge in [0.05, 0.1) is 10.4 Å². The number of hydrogen-bond donors (Lipinski definition) is 1. The highest BCUT2D eigenvalue weighted by Crippen LogP contribution is 2.30. The molecular weight excluding hydrogens is 220 g/mol. The van der Waals surface area contributed by atoms with Gasteiger partial charge in [-0.2, -0.15) is 4.37 Å². The molecule has 0 bridgehead atoms. The van der Waals surface area contributed by atoms with E-state index in [4.69, 9.17) is 0 Å². The fourth-order valence-electron chi connectivity index (χ4n) is 1.24. The van der Waals surface area contributed by atoms with Gasteiger partial charge in [-0.15, -0.1) is 12.6 Å². The Labute approximate surface area is 89.3 Å². The van der Waals surface area contributed by atoms with Gasteiger partial charge in [0.1, 0.15) is 0 Å². The first-order valence-corrected chi connectivity index (χ1v) is 5.05.